The molecule has 0 radical (unpaired) electrons. The summed E-state index contributed by atoms with van der Waals surface area (Å²) in [7, 11) is 0. The fraction of sp³-hybridized carbons (Fsp3) is 0.750. The van der Waals surface area contributed by atoms with E-state index < -0.39 is 13.3 Å². The van der Waals surface area contributed by atoms with E-state index in [4.69, 9.17) is 4.74 Å². The Balaban J connectivity index is 2.45. The number of fused-ring (bicyclic) bond motifs is 2. The van der Waals surface area contributed by atoms with Crippen molar-refractivity contribution in [1.29, 1.82) is 0 Å². The molecule has 2 aliphatic heterocycles. The molecule has 2 rings (SSSR count). The van der Waals surface area contributed by atoms with Crippen LogP contribution in [-0.2, 0) is 9.53 Å². The molecular weight excluding hydrogens is 249 g/mol. The molecule has 0 spiro atoms. The molecule has 3 heteroatoms. The molecule has 15 heavy (non-hydrogen) atoms. The van der Waals surface area contributed by atoms with Crippen LogP contribution in [-0.4, -0.2) is 29.6 Å². The van der Waals surface area contributed by atoms with Crippen LogP contribution in [0.4, 0.5) is 0 Å². The minimum atomic E-state index is -2.05. The second-order valence-electron chi connectivity index (χ2n) is 5.90. The molecule has 0 aliphatic carbocycles. The average Bonchev–Trinajstić information content (AvgIpc) is 2.54. The van der Waals surface area contributed by atoms with Gasteiger partial charge in [-0.3, -0.25) is 0 Å². The Hall–Kier alpha value is -0.0871. The number of ketones is 1. The summed E-state index contributed by atoms with van der Waals surface area (Å²) in [4.78, 5) is 12.1. The molecule has 2 heterocycles. The van der Waals surface area contributed by atoms with Crippen molar-refractivity contribution < 1.29 is 9.53 Å². The summed E-state index contributed by atoms with van der Waals surface area (Å²) in [5.41, 5.74) is 0. The Kier molecular flexibility index (Phi) is 2.43. The van der Waals surface area contributed by atoms with Crippen LogP contribution in [0.25, 0.3) is 0 Å². The molecule has 0 aromatic heterocycles. The van der Waals surface area contributed by atoms with Crippen LogP contribution in [0.1, 0.15) is 13.8 Å². The average molecular weight is 269 g/mol. The first kappa shape index (κ1) is 11.4. The van der Waals surface area contributed by atoms with Gasteiger partial charge in [-0.2, -0.15) is 0 Å². The van der Waals surface area contributed by atoms with Crippen LogP contribution in [0.15, 0.2) is 12.2 Å². The molecular formula is C12H20GeO2. The van der Waals surface area contributed by atoms with Crippen molar-refractivity contribution in [3.63, 3.8) is 0 Å². The summed E-state index contributed by atoms with van der Waals surface area (Å²) in [5, 5.41) is 0. The third-order valence-electron chi connectivity index (χ3n) is 4.05. The fourth-order valence-corrected chi connectivity index (χ4v) is 8.20. The van der Waals surface area contributed by atoms with Gasteiger partial charge in [-0.1, -0.05) is 0 Å². The third-order valence-corrected chi connectivity index (χ3v) is 10.5. The van der Waals surface area contributed by atoms with E-state index in [9.17, 15) is 4.79 Å². The molecule has 1 saturated heterocycles. The SMILES string of the molecule is C[C@@H]1C(=O)[C@H](C)[C@H]2C=C[C@@]1([Ge]([CH3])([CH3])[CH3])O2. The van der Waals surface area contributed by atoms with Crippen LogP contribution < -0.4 is 0 Å². The number of hydrogen-bond acceptors (Lipinski definition) is 2. The van der Waals surface area contributed by atoms with Crippen molar-refractivity contribution >= 4 is 19.0 Å². The van der Waals surface area contributed by atoms with Crippen molar-refractivity contribution in [1.82, 2.24) is 0 Å². The van der Waals surface area contributed by atoms with Crippen LogP contribution in [0.5, 0.6) is 0 Å². The molecule has 0 N–H and O–H groups in total. The Labute approximate surface area is 94.4 Å². The van der Waals surface area contributed by atoms with E-state index in [0.29, 0.717) is 5.78 Å². The monoisotopic (exact) mass is 270 g/mol. The van der Waals surface area contributed by atoms with Gasteiger partial charge in [-0.15, -0.1) is 0 Å². The number of carbonyl (C=O) groups excluding carboxylic acids is 1. The van der Waals surface area contributed by atoms with Crippen molar-refractivity contribution in [3.8, 4) is 0 Å². The van der Waals surface area contributed by atoms with Gasteiger partial charge >= 0.3 is 94.2 Å². The van der Waals surface area contributed by atoms with E-state index in [1.54, 1.807) is 0 Å². The third kappa shape index (κ3) is 1.37. The number of rotatable bonds is 1. The molecule has 0 saturated carbocycles. The number of ether oxygens (including phenoxy) is 1. The van der Waals surface area contributed by atoms with Crippen molar-refractivity contribution in [2.24, 2.45) is 11.8 Å². The second kappa shape index (κ2) is 3.20. The van der Waals surface area contributed by atoms with E-state index >= 15 is 0 Å². The molecule has 2 aliphatic rings. The minimum absolute atomic E-state index is 0.0385. The molecule has 0 unspecified atom stereocenters. The normalized spacial score (nSPS) is 44.9. The summed E-state index contributed by atoms with van der Waals surface area (Å²) < 4.78 is 6.00. The molecule has 1 fully saturated rings. The van der Waals surface area contributed by atoms with Gasteiger partial charge in [-0.05, 0) is 0 Å². The predicted molar refractivity (Wildman–Crippen MR) is 63.4 cm³/mol. The van der Waals surface area contributed by atoms with Gasteiger partial charge in [0.2, 0.25) is 0 Å². The first-order valence-electron chi connectivity index (χ1n) is 5.70. The molecule has 0 amide bonds. The summed E-state index contributed by atoms with van der Waals surface area (Å²) in [6, 6.07) is 0. The van der Waals surface area contributed by atoms with Crippen molar-refractivity contribution in [3.05, 3.63) is 12.2 Å². The van der Waals surface area contributed by atoms with Gasteiger partial charge in [0.15, 0.2) is 0 Å². The molecule has 2 nitrogen and oxygen atoms in total. The Morgan fingerprint density at radius 1 is 1.33 bits per heavy atom. The van der Waals surface area contributed by atoms with E-state index in [0.717, 1.165) is 0 Å². The van der Waals surface area contributed by atoms with Crippen molar-refractivity contribution in [2.75, 3.05) is 0 Å². The topological polar surface area (TPSA) is 26.3 Å². The van der Waals surface area contributed by atoms with E-state index in [2.05, 4.69) is 29.4 Å². The van der Waals surface area contributed by atoms with Gasteiger partial charge in [0, 0.05) is 0 Å². The number of carbonyl (C=O) groups is 1. The Morgan fingerprint density at radius 3 is 2.47 bits per heavy atom. The summed E-state index contributed by atoms with van der Waals surface area (Å²) in [6.07, 6.45) is 4.35. The van der Waals surface area contributed by atoms with E-state index in [-0.39, 0.29) is 22.4 Å². The zero-order valence-electron chi connectivity index (χ0n) is 10.2. The van der Waals surface area contributed by atoms with Gasteiger partial charge in [-0.25, -0.2) is 0 Å². The molecule has 4 atom stereocenters. The first-order valence-corrected chi connectivity index (χ1v) is 13.0. The quantitative estimate of drug-likeness (QED) is 0.539. The molecule has 0 aromatic carbocycles. The standard InChI is InChI=1S/C12H20GeO2/c1-8-10-6-7-12(15-10,13(3,4)5)9(2)11(8)14/h6-10H,1-5H3/t8-,9-,10-,12-/m1/s1. The number of Topliss-reactive ketones (excluding diaryl/α,β-unsaturated/α-hetero) is 1. The van der Waals surface area contributed by atoms with Gasteiger partial charge in [0.1, 0.15) is 0 Å². The van der Waals surface area contributed by atoms with Gasteiger partial charge in [0.25, 0.3) is 0 Å². The first-order chi connectivity index (χ1) is 6.79. The van der Waals surface area contributed by atoms with Gasteiger partial charge < -0.3 is 0 Å². The van der Waals surface area contributed by atoms with E-state index in [1.807, 2.05) is 13.8 Å². The second-order valence-corrected chi connectivity index (χ2v) is 17.0. The zero-order valence-corrected chi connectivity index (χ0v) is 12.3. The maximum atomic E-state index is 12.1. The summed E-state index contributed by atoms with van der Waals surface area (Å²) >= 11 is -2.05. The Bertz CT molecular complexity index is 329. The molecule has 0 aromatic rings. The summed E-state index contributed by atoms with van der Waals surface area (Å²) in [6.45, 7) is 4.03. The summed E-state index contributed by atoms with van der Waals surface area (Å²) in [5.74, 6) is 7.45. The zero-order chi connectivity index (χ0) is 11.4. The van der Waals surface area contributed by atoms with Crippen LogP contribution in [0.3, 0.4) is 0 Å². The van der Waals surface area contributed by atoms with Crippen LogP contribution in [0, 0.1) is 11.8 Å². The predicted octanol–water partition coefficient (Wildman–Crippen LogP) is 2.41. The number of hydrogen-bond donors (Lipinski definition) is 0. The van der Waals surface area contributed by atoms with Crippen molar-refractivity contribution in [2.45, 2.75) is 41.7 Å². The van der Waals surface area contributed by atoms with Crippen LogP contribution in [0.2, 0.25) is 17.3 Å². The molecule has 2 bridgehead atoms. The van der Waals surface area contributed by atoms with Gasteiger partial charge in [0.05, 0.1) is 0 Å². The fourth-order valence-electron chi connectivity index (χ4n) is 2.90. The molecule has 84 valence electrons. The van der Waals surface area contributed by atoms with E-state index in [1.165, 1.54) is 0 Å². The Morgan fingerprint density at radius 2 is 1.93 bits per heavy atom. The van der Waals surface area contributed by atoms with Crippen LogP contribution >= 0.6 is 0 Å². The maximum absolute atomic E-state index is 12.1.